The Bertz CT molecular complexity index is 428. The highest BCUT2D eigenvalue weighted by molar-refractivity contribution is 5.88. The van der Waals surface area contributed by atoms with E-state index in [1.807, 2.05) is 0 Å². The summed E-state index contributed by atoms with van der Waals surface area (Å²) in [4.78, 5) is 36.3. The summed E-state index contributed by atoms with van der Waals surface area (Å²) in [6, 6.07) is -0.622. The van der Waals surface area contributed by atoms with Gasteiger partial charge in [0.2, 0.25) is 0 Å². The molecule has 0 saturated carbocycles. The Labute approximate surface area is 124 Å². The smallest absolute Gasteiger partial charge is 0.411 e. The Balaban J connectivity index is 2.94. The second kappa shape index (κ2) is 6.43. The number of nitrogens with zero attached hydrogens (tertiary/aromatic N) is 1. The highest BCUT2D eigenvalue weighted by Crippen LogP contribution is 2.26. The highest BCUT2D eigenvalue weighted by atomic mass is 16.6. The van der Waals surface area contributed by atoms with E-state index in [1.165, 1.54) is 18.9 Å². The minimum Gasteiger partial charge on any atom is -0.481 e. The maximum absolute atomic E-state index is 12.2. The van der Waals surface area contributed by atoms with E-state index >= 15 is 0 Å². The van der Waals surface area contributed by atoms with Crippen molar-refractivity contribution in [3.05, 3.63) is 0 Å². The number of carboxylic acids is 1. The van der Waals surface area contributed by atoms with Crippen LogP contribution in [0.4, 0.5) is 4.79 Å². The molecule has 0 aromatic heterocycles. The van der Waals surface area contributed by atoms with Crippen LogP contribution in [0.15, 0.2) is 0 Å². The molecule has 1 aliphatic heterocycles. The number of carboxylic acid groups (broad SMARTS) is 1. The minimum atomic E-state index is -1.04. The molecule has 0 unspecified atom stereocenters. The molecular formula is C14H23NO6. The van der Waals surface area contributed by atoms with Crippen LogP contribution < -0.4 is 0 Å². The number of ether oxygens (including phenoxy) is 2. The zero-order valence-corrected chi connectivity index (χ0v) is 13.1. The molecule has 1 fully saturated rings. The van der Waals surface area contributed by atoms with E-state index in [2.05, 4.69) is 0 Å². The Morgan fingerprint density at radius 1 is 1.38 bits per heavy atom. The number of ketones is 1. The second-order valence-corrected chi connectivity index (χ2v) is 6.25. The monoisotopic (exact) mass is 301 g/mol. The van der Waals surface area contributed by atoms with Crippen LogP contribution in [-0.4, -0.2) is 59.3 Å². The molecule has 0 radical (unpaired) electrons. The summed E-state index contributed by atoms with van der Waals surface area (Å²) in [6.45, 7) is 6.60. The number of hydrogen-bond donors (Lipinski definition) is 1. The molecule has 3 atom stereocenters. The summed E-state index contributed by atoms with van der Waals surface area (Å²) in [7, 11) is 1.38. The van der Waals surface area contributed by atoms with Crippen LogP contribution in [0.1, 0.15) is 34.1 Å². The van der Waals surface area contributed by atoms with Gasteiger partial charge in [-0.1, -0.05) is 0 Å². The lowest BCUT2D eigenvalue weighted by Crippen LogP contribution is -2.49. The average molecular weight is 301 g/mol. The van der Waals surface area contributed by atoms with Crippen LogP contribution in [0.5, 0.6) is 0 Å². The van der Waals surface area contributed by atoms with Gasteiger partial charge in [0.05, 0.1) is 24.6 Å². The van der Waals surface area contributed by atoms with Gasteiger partial charge in [-0.3, -0.25) is 14.5 Å². The summed E-state index contributed by atoms with van der Waals surface area (Å²) in [5.74, 6) is -2.01. The number of methoxy groups -OCH3 is 1. The molecular weight excluding hydrogens is 278 g/mol. The lowest BCUT2D eigenvalue weighted by atomic mass is 9.96. The van der Waals surface area contributed by atoms with E-state index in [0.717, 1.165) is 0 Å². The molecule has 1 amide bonds. The van der Waals surface area contributed by atoms with Crippen molar-refractivity contribution in [3.63, 3.8) is 0 Å². The minimum absolute atomic E-state index is 0.0776. The van der Waals surface area contributed by atoms with Gasteiger partial charge in [-0.25, -0.2) is 4.79 Å². The van der Waals surface area contributed by atoms with Crippen molar-refractivity contribution in [2.75, 3.05) is 13.7 Å². The van der Waals surface area contributed by atoms with Gasteiger partial charge >= 0.3 is 12.1 Å². The number of carbonyl (C=O) groups excluding carboxylic acids is 2. The third-order valence-corrected chi connectivity index (χ3v) is 3.35. The number of likely N-dealkylation sites (tertiary alicyclic amines) is 1. The van der Waals surface area contributed by atoms with Gasteiger partial charge in [0.15, 0.2) is 5.78 Å². The zero-order valence-electron chi connectivity index (χ0n) is 13.1. The summed E-state index contributed by atoms with van der Waals surface area (Å²) >= 11 is 0. The molecule has 0 aliphatic carbocycles. The van der Waals surface area contributed by atoms with Crippen LogP contribution in [0.25, 0.3) is 0 Å². The van der Waals surface area contributed by atoms with Crippen molar-refractivity contribution in [3.8, 4) is 0 Å². The number of Topliss-reactive ketones (excluding diaryl/α,β-unsaturated/α-hetero) is 1. The number of carbonyl (C=O) groups is 3. The number of amides is 1. The van der Waals surface area contributed by atoms with Crippen LogP contribution in [-0.2, 0) is 19.1 Å². The van der Waals surface area contributed by atoms with E-state index in [1.54, 1.807) is 20.8 Å². The largest absolute Gasteiger partial charge is 0.481 e. The molecule has 1 heterocycles. The third-order valence-electron chi connectivity index (χ3n) is 3.35. The van der Waals surface area contributed by atoms with Gasteiger partial charge in [-0.2, -0.15) is 0 Å². The summed E-state index contributed by atoms with van der Waals surface area (Å²) < 4.78 is 10.5. The lowest BCUT2D eigenvalue weighted by Gasteiger charge is -2.33. The number of aliphatic carboxylic acids is 1. The van der Waals surface area contributed by atoms with Crippen molar-refractivity contribution < 1.29 is 29.0 Å². The zero-order chi connectivity index (χ0) is 16.4. The Kier molecular flexibility index (Phi) is 5.33. The molecule has 1 N–H and O–H groups in total. The van der Waals surface area contributed by atoms with Crippen molar-refractivity contribution in [2.24, 2.45) is 5.92 Å². The van der Waals surface area contributed by atoms with E-state index in [9.17, 15) is 14.4 Å². The first-order chi connectivity index (χ1) is 9.56. The SMILES string of the molecule is CO[C@@H]([C@H]1CC(=O)CN1C(=O)OC(C)(C)C)[C@@H](C)C(=O)O. The van der Waals surface area contributed by atoms with Crippen LogP contribution in [0, 0.1) is 5.92 Å². The predicted octanol–water partition coefficient (Wildman–Crippen LogP) is 1.30. The van der Waals surface area contributed by atoms with E-state index in [-0.39, 0.29) is 18.7 Å². The fourth-order valence-electron chi connectivity index (χ4n) is 2.36. The molecule has 0 aromatic carbocycles. The van der Waals surface area contributed by atoms with Crippen molar-refractivity contribution in [1.82, 2.24) is 4.90 Å². The van der Waals surface area contributed by atoms with Gasteiger partial charge in [0.25, 0.3) is 0 Å². The molecule has 0 aromatic rings. The standard InChI is InChI=1S/C14H23NO6/c1-8(12(17)18)11(20-5)10-6-9(16)7-15(10)13(19)21-14(2,3)4/h8,10-11H,6-7H2,1-5H3,(H,17,18)/t8-,10-,11-/m1/s1. The number of rotatable bonds is 4. The Morgan fingerprint density at radius 2 is 1.95 bits per heavy atom. The van der Waals surface area contributed by atoms with Gasteiger partial charge < -0.3 is 14.6 Å². The molecule has 0 spiro atoms. The molecule has 1 saturated heterocycles. The van der Waals surface area contributed by atoms with Crippen LogP contribution in [0.3, 0.4) is 0 Å². The third kappa shape index (κ3) is 4.42. The molecule has 7 nitrogen and oxygen atoms in total. The fraction of sp³-hybridized carbons (Fsp3) is 0.786. The fourth-order valence-corrected chi connectivity index (χ4v) is 2.36. The van der Waals surface area contributed by atoms with E-state index in [4.69, 9.17) is 14.6 Å². The molecule has 0 bridgehead atoms. The Morgan fingerprint density at radius 3 is 2.38 bits per heavy atom. The molecule has 21 heavy (non-hydrogen) atoms. The summed E-state index contributed by atoms with van der Waals surface area (Å²) in [6.07, 6.45) is -1.31. The molecule has 1 rings (SSSR count). The molecule has 120 valence electrons. The van der Waals surface area contributed by atoms with Gasteiger partial charge in [0, 0.05) is 13.5 Å². The van der Waals surface area contributed by atoms with Gasteiger partial charge in [0.1, 0.15) is 5.60 Å². The van der Waals surface area contributed by atoms with Crippen molar-refractivity contribution in [2.45, 2.75) is 51.9 Å². The summed E-state index contributed by atoms with van der Waals surface area (Å²) in [5.41, 5.74) is -0.686. The average Bonchev–Trinajstić information content (AvgIpc) is 2.70. The van der Waals surface area contributed by atoms with Crippen LogP contribution in [0.2, 0.25) is 0 Å². The first-order valence-corrected chi connectivity index (χ1v) is 6.83. The quantitative estimate of drug-likeness (QED) is 0.841. The van der Waals surface area contributed by atoms with Gasteiger partial charge in [-0.05, 0) is 27.7 Å². The van der Waals surface area contributed by atoms with Crippen molar-refractivity contribution in [1.29, 1.82) is 0 Å². The highest BCUT2D eigenvalue weighted by Gasteiger charge is 2.44. The second-order valence-electron chi connectivity index (χ2n) is 6.25. The Hall–Kier alpha value is -1.63. The normalized spacial score (nSPS) is 22.0. The topological polar surface area (TPSA) is 93.1 Å². The first kappa shape index (κ1) is 17.4. The van der Waals surface area contributed by atoms with Gasteiger partial charge in [-0.15, -0.1) is 0 Å². The predicted molar refractivity (Wildman–Crippen MR) is 73.9 cm³/mol. The van der Waals surface area contributed by atoms with E-state index < -0.39 is 35.7 Å². The molecule has 7 heteroatoms. The lowest BCUT2D eigenvalue weighted by molar-refractivity contribution is -0.147. The van der Waals surface area contributed by atoms with Crippen LogP contribution >= 0.6 is 0 Å². The maximum atomic E-state index is 12.2. The first-order valence-electron chi connectivity index (χ1n) is 6.83. The van der Waals surface area contributed by atoms with E-state index in [0.29, 0.717) is 0 Å². The summed E-state index contributed by atoms with van der Waals surface area (Å²) in [5, 5.41) is 9.12. The molecule has 1 aliphatic rings. The number of hydrogen-bond acceptors (Lipinski definition) is 5. The maximum Gasteiger partial charge on any atom is 0.411 e. The van der Waals surface area contributed by atoms with Crippen molar-refractivity contribution >= 4 is 17.8 Å².